The normalized spacial score (nSPS) is 21.2. The van der Waals surface area contributed by atoms with Crippen molar-refractivity contribution in [2.24, 2.45) is 5.92 Å². The highest BCUT2D eigenvalue weighted by Crippen LogP contribution is 2.66. The van der Waals surface area contributed by atoms with Gasteiger partial charge in [0.1, 0.15) is 36.5 Å². The Morgan fingerprint density at radius 3 is 2.21 bits per heavy atom. The number of pyridine rings is 1. The fourth-order valence-electron chi connectivity index (χ4n) is 10.3. The molecule has 2 fully saturated rings. The summed E-state index contributed by atoms with van der Waals surface area (Å²) in [6.45, 7) is 0.928. The van der Waals surface area contributed by atoms with Crippen molar-refractivity contribution in [1.82, 2.24) is 20.1 Å². The van der Waals surface area contributed by atoms with Crippen molar-refractivity contribution in [3.8, 4) is 17.6 Å². The molecule has 6 aromatic rings. The Labute approximate surface area is 413 Å². The molecule has 6 atom stereocenters. The van der Waals surface area contributed by atoms with Crippen LogP contribution >= 0.6 is 0 Å². The van der Waals surface area contributed by atoms with Gasteiger partial charge in [-0.05, 0) is 77.3 Å². The molecule has 1 spiro atoms. The molecule has 3 aliphatic heterocycles. The molecule has 0 saturated carbocycles. The second-order valence-electron chi connectivity index (χ2n) is 17.7. The minimum atomic E-state index is -2.01. The van der Waals surface area contributed by atoms with E-state index in [1.165, 1.54) is 7.11 Å². The number of nitrogens with zero attached hydrogens (tertiary/aromatic N) is 4. The van der Waals surface area contributed by atoms with Gasteiger partial charge in [0, 0.05) is 44.1 Å². The van der Waals surface area contributed by atoms with Crippen LogP contribution in [0.15, 0.2) is 158 Å². The lowest BCUT2D eigenvalue weighted by Crippen LogP contribution is -2.56. The van der Waals surface area contributed by atoms with Gasteiger partial charge in [0.05, 0.1) is 43.4 Å². The Hall–Kier alpha value is -7.67. The van der Waals surface area contributed by atoms with Gasteiger partial charge in [0.25, 0.3) is 0 Å². The molecule has 3 aliphatic rings. The van der Waals surface area contributed by atoms with Crippen LogP contribution in [-0.4, -0.2) is 103 Å². The van der Waals surface area contributed by atoms with Crippen molar-refractivity contribution >= 4 is 29.6 Å². The maximum atomic E-state index is 16.4. The lowest BCUT2D eigenvalue weighted by molar-refractivity contribution is -0.178. The molecule has 4 heterocycles. The third kappa shape index (κ3) is 9.78. The number of benzene rings is 5. The summed E-state index contributed by atoms with van der Waals surface area (Å²) < 4.78 is 23.4. The predicted octanol–water partition coefficient (Wildman–Crippen LogP) is 6.74. The zero-order valence-corrected chi connectivity index (χ0v) is 39.6. The third-order valence-electron chi connectivity index (χ3n) is 13.3. The van der Waals surface area contributed by atoms with Crippen LogP contribution in [0.2, 0.25) is 0 Å². The van der Waals surface area contributed by atoms with Gasteiger partial charge in [-0.1, -0.05) is 121 Å². The lowest BCUT2D eigenvalue weighted by Gasteiger charge is -2.46. The van der Waals surface area contributed by atoms with Gasteiger partial charge < -0.3 is 29.4 Å². The van der Waals surface area contributed by atoms with Gasteiger partial charge in [-0.15, -0.1) is 0 Å². The zero-order valence-electron chi connectivity index (χ0n) is 39.6. The van der Waals surface area contributed by atoms with Crippen molar-refractivity contribution < 1.29 is 43.2 Å². The minimum absolute atomic E-state index is 0.0419. The number of fused-ring (bicyclic) bond motifs is 3. The molecule has 0 bridgehead atoms. The summed E-state index contributed by atoms with van der Waals surface area (Å²) in [5.41, 5.74) is 2.89. The fraction of sp³-hybridized carbons (Fsp3) is 0.281. The van der Waals surface area contributed by atoms with E-state index in [4.69, 9.17) is 18.9 Å². The number of ether oxygens (including phenoxy) is 4. The van der Waals surface area contributed by atoms with Gasteiger partial charge in [-0.25, -0.2) is 9.69 Å². The summed E-state index contributed by atoms with van der Waals surface area (Å²) in [6, 6.07) is 43.5. The van der Waals surface area contributed by atoms with Crippen LogP contribution in [0.1, 0.15) is 57.3 Å². The number of carbonyl (C=O) groups excluding carboxylic acids is 4. The van der Waals surface area contributed by atoms with E-state index >= 15 is 14.4 Å². The van der Waals surface area contributed by atoms with Crippen molar-refractivity contribution in [2.75, 3.05) is 58.6 Å². The number of imide groups is 1. The Bertz CT molecular complexity index is 2880. The van der Waals surface area contributed by atoms with Gasteiger partial charge in [0.2, 0.25) is 11.8 Å². The standard InChI is InChI=1S/C57H55N5O9/c1-60(38-40-15-6-3-7-16-40)32-14-17-39-23-28-47-46(37-39)57(55(66)61(47)56(67)70-36-35-68-2)48(53(64)59-31-29-44-22-12-13-30-58-44)50-54(65)71-51(42-20-10-5-11-21-42)49(41-18-8-4-9-19-41)62(50)52(57)43-24-26-45(27-25-43)69-34-33-63/h3-13,15-16,18-28,30,37,48-52,63H,29,31-36,38H2,1-2H3,(H,59,64)/t48-,49-,50-,51+,52+,57-/m1/s1. The number of nitrogens with one attached hydrogen (secondary N) is 1. The van der Waals surface area contributed by atoms with E-state index < -0.39 is 59.4 Å². The highest BCUT2D eigenvalue weighted by molar-refractivity contribution is 6.23. The SMILES string of the molecule is COCCOC(=O)N1C(=O)[C@@]2(c3cc(C#CCN(C)Cc4ccccc4)ccc31)[C@H](c1ccc(OCCO)cc1)N1[C@H](c3ccccc3)[C@H](c3ccccc3)OC(=O)[C@H]1[C@@H]2C(=O)NCCc1ccccn1. The molecule has 9 rings (SSSR count). The van der Waals surface area contributed by atoms with E-state index in [2.05, 4.69) is 39.2 Å². The number of aliphatic hydroxyl groups excluding tert-OH is 1. The van der Waals surface area contributed by atoms with E-state index in [0.29, 0.717) is 47.5 Å². The lowest BCUT2D eigenvalue weighted by atomic mass is 9.65. The van der Waals surface area contributed by atoms with Crippen LogP contribution in [0.5, 0.6) is 5.75 Å². The minimum Gasteiger partial charge on any atom is -0.491 e. The Morgan fingerprint density at radius 1 is 0.817 bits per heavy atom. The summed E-state index contributed by atoms with van der Waals surface area (Å²) in [5.74, 6) is 3.48. The fourth-order valence-corrected chi connectivity index (χ4v) is 10.3. The number of anilines is 1. The van der Waals surface area contributed by atoms with E-state index in [0.717, 1.165) is 21.7 Å². The number of aliphatic hydroxyl groups is 1. The van der Waals surface area contributed by atoms with Crippen molar-refractivity contribution in [2.45, 2.75) is 42.6 Å². The monoisotopic (exact) mass is 953 g/mol. The Kier molecular flexibility index (Phi) is 15.0. The first-order valence-electron chi connectivity index (χ1n) is 23.7. The van der Waals surface area contributed by atoms with E-state index in [9.17, 15) is 9.90 Å². The maximum Gasteiger partial charge on any atom is 0.421 e. The topological polar surface area (TPSA) is 160 Å². The van der Waals surface area contributed by atoms with Crippen LogP contribution in [0.4, 0.5) is 10.5 Å². The Morgan fingerprint density at radius 2 is 1.52 bits per heavy atom. The molecule has 0 aliphatic carbocycles. The number of carbonyl (C=O) groups is 4. The number of hydrogen-bond acceptors (Lipinski definition) is 12. The highest BCUT2D eigenvalue weighted by atomic mass is 16.6. The average molecular weight is 954 g/mol. The predicted molar refractivity (Wildman–Crippen MR) is 265 cm³/mol. The van der Waals surface area contributed by atoms with Crippen LogP contribution < -0.4 is 15.0 Å². The molecule has 2 N–H and O–H groups in total. The van der Waals surface area contributed by atoms with E-state index in [1.807, 2.05) is 109 Å². The summed E-state index contributed by atoms with van der Waals surface area (Å²) in [4.78, 5) is 71.6. The molecule has 5 aromatic carbocycles. The molecule has 0 radical (unpaired) electrons. The van der Waals surface area contributed by atoms with E-state index in [-0.39, 0.29) is 38.7 Å². The summed E-state index contributed by atoms with van der Waals surface area (Å²) in [5, 5.41) is 12.7. The van der Waals surface area contributed by atoms with Crippen molar-refractivity contribution in [3.63, 3.8) is 0 Å². The van der Waals surface area contributed by atoms with Gasteiger partial charge >= 0.3 is 12.1 Å². The summed E-state index contributed by atoms with van der Waals surface area (Å²) in [7, 11) is 3.45. The maximum absolute atomic E-state index is 16.4. The largest absolute Gasteiger partial charge is 0.491 e. The molecule has 1 aromatic heterocycles. The molecular formula is C57H55N5O9. The van der Waals surface area contributed by atoms with Crippen LogP contribution in [0.3, 0.4) is 0 Å². The average Bonchev–Trinajstić information content (AvgIpc) is 3.85. The first-order valence-corrected chi connectivity index (χ1v) is 23.7. The first-order chi connectivity index (χ1) is 34.7. The second kappa shape index (κ2) is 22.0. The second-order valence-corrected chi connectivity index (χ2v) is 17.7. The number of cyclic esters (lactones) is 1. The number of aromatic nitrogens is 1. The third-order valence-corrected chi connectivity index (χ3v) is 13.3. The molecule has 0 unspecified atom stereocenters. The van der Waals surface area contributed by atoms with Crippen LogP contribution in [0.25, 0.3) is 0 Å². The molecule has 362 valence electrons. The number of amides is 3. The molecule has 2 saturated heterocycles. The summed E-state index contributed by atoms with van der Waals surface area (Å²) >= 11 is 0. The smallest absolute Gasteiger partial charge is 0.421 e. The number of esters is 1. The number of methoxy groups -OCH3 is 1. The van der Waals surface area contributed by atoms with E-state index in [1.54, 1.807) is 48.7 Å². The van der Waals surface area contributed by atoms with Gasteiger partial charge in [0.15, 0.2) is 0 Å². The van der Waals surface area contributed by atoms with Crippen LogP contribution in [0, 0.1) is 17.8 Å². The number of morpholine rings is 1. The quantitative estimate of drug-likeness (QED) is 0.0599. The molecular weight excluding hydrogens is 899 g/mol. The summed E-state index contributed by atoms with van der Waals surface area (Å²) in [6.07, 6.45) is 0.151. The molecule has 3 amide bonds. The first kappa shape index (κ1) is 48.4. The van der Waals surface area contributed by atoms with Crippen molar-refractivity contribution in [1.29, 1.82) is 0 Å². The Balaban J connectivity index is 1.27. The van der Waals surface area contributed by atoms with Gasteiger partial charge in [-0.3, -0.25) is 29.2 Å². The van der Waals surface area contributed by atoms with Gasteiger partial charge in [-0.2, -0.15) is 0 Å². The molecule has 14 nitrogen and oxygen atoms in total. The highest BCUT2D eigenvalue weighted by Gasteiger charge is 2.75. The number of rotatable bonds is 16. The van der Waals surface area contributed by atoms with Crippen molar-refractivity contribution in [3.05, 3.63) is 197 Å². The number of hydrogen-bond donors (Lipinski definition) is 2. The van der Waals surface area contributed by atoms with Crippen LogP contribution in [-0.2, 0) is 47.0 Å². The molecule has 71 heavy (non-hydrogen) atoms. The molecule has 14 heteroatoms. The zero-order chi connectivity index (χ0) is 49.3.